The first-order chi connectivity index (χ1) is 13.7. The van der Waals surface area contributed by atoms with Gasteiger partial charge in [0.25, 0.3) is 0 Å². The van der Waals surface area contributed by atoms with Gasteiger partial charge in [-0.3, -0.25) is 4.79 Å². The average Bonchev–Trinajstić information content (AvgIpc) is 2.66. The van der Waals surface area contributed by atoms with Crippen molar-refractivity contribution >= 4 is 11.8 Å². The maximum absolute atomic E-state index is 13.1. The monoisotopic (exact) mass is 400 g/mol. The van der Waals surface area contributed by atoms with Crippen LogP contribution in [-0.4, -0.2) is 47.4 Å². The van der Waals surface area contributed by atoms with Crippen LogP contribution in [0.5, 0.6) is 11.5 Å². The van der Waals surface area contributed by atoms with E-state index >= 15 is 0 Å². The summed E-state index contributed by atoms with van der Waals surface area (Å²) in [6.07, 6.45) is 4.24. The van der Waals surface area contributed by atoms with Gasteiger partial charge < -0.3 is 24.4 Å². The molecule has 1 heterocycles. The molecule has 0 saturated carbocycles. The number of carbonyl (C=O) groups is 2. The lowest BCUT2D eigenvalue weighted by atomic mass is 9.77. The maximum Gasteiger partial charge on any atom is 0.343 e. The Morgan fingerprint density at radius 3 is 2.76 bits per heavy atom. The van der Waals surface area contributed by atoms with Crippen molar-refractivity contribution in [3.8, 4) is 11.5 Å². The van der Waals surface area contributed by atoms with E-state index in [1.165, 1.54) is 26.2 Å². The molecule has 29 heavy (non-hydrogen) atoms. The largest absolute Gasteiger partial charge is 0.508 e. The van der Waals surface area contributed by atoms with Gasteiger partial charge in [-0.15, -0.1) is 0 Å². The number of ketones is 1. The number of aliphatic hydroxyl groups is 1. The number of phenols is 1. The highest BCUT2D eigenvalue weighted by Gasteiger charge is 2.50. The van der Waals surface area contributed by atoms with Crippen LogP contribution in [0.15, 0.2) is 47.3 Å². The first-order valence-electron chi connectivity index (χ1n) is 9.24. The quantitative estimate of drug-likeness (QED) is 0.749. The molecule has 1 aliphatic heterocycles. The first-order valence-corrected chi connectivity index (χ1v) is 9.24. The summed E-state index contributed by atoms with van der Waals surface area (Å²) in [5, 5.41) is 20.4. The summed E-state index contributed by atoms with van der Waals surface area (Å²) in [5.74, 6) is -0.648. The van der Waals surface area contributed by atoms with E-state index in [2.05, 4.69) is 0 Å². The number of aromatic hydroxyl groups is 1. The van der Waals surface area contributed by atoms with Crippen LogP contribution in [0.25, 0.3) is 0 Å². The molecule has 2 atom stereocenters. The second-order valence-electron chi connectivity index (χ2n) is 7.22. The molecular weight excluding hydrogens is 376 g/mol. The number of rotatable bonds is 4. The lowest BCUT2D eigenvalue weighted by Gasteiger charge is -2.39. The van der Waals surface area contributed by atoms with Gasteiger partial charge in [0.05, 0.1) is 7.11 Å². The van der Waals surface area contributed by atoms with Crippen molar-refractivity contribution in [1.29, 1.82) is 0 Å². The van der Waals surface area contributed by atoms with E-state index in [4.69, 9.17) is 14.2 Å². The smallest absolute Gasteiger partial charge is 0.343 e. The number of ether oxygens (including phenoxy) is 3. The zero-order valence-corrected chi connectivity index (χ0v) is 16.8. The molecule has 1 aromatic rings. The lowest BCUT2D eigenvalue weighted by Crippen LogP contribution is -2.54. The zero-order valence-electron chi connectivity index (χ0n) is 16.8. The molecule has 2 N–H and O–H groups in total. The summed E-state index contributed by atoms with van der Waals surface area (Å²) < 4.78 is 16.3. The molecule has 1 aliphatic carbocycles. The van der Waals surface area contributed by atoms with Gasteiger partial charge in [-0.2, -0.15) is 0 Å². The van der Waals surface area contributed by atoms with Gasteiger partial charge in [0.15, 0.2) is 5.60 Å². The average molecular weight is 400 g/mol. The predicted molar refractivity (Wildman–Crippen MR) is 105 cm³/mol. The summed E-state index contributed by atoms with van der Waals surface area (Å²) in [6.45, 7) is 4.91. The summed E-state index contributed by atoms with van der Waals surface area (Å²) in [5.41, 5.74) is -0.197. The van der Waals surface area contributed by atoms with Crippen LogP contribution >= 0.6 is 0 Å². The molecule has 7 heteroatoms. The van der Waals surface area contributed by atoms with Crippen LogP contribution in [-0.2, 0) is 14.3 Å². The van der Waals surface area contributed by atoms with Crippen molar-refractivity contribution in [2.75, 3.05) is 13.7 Å². The number of hydrogen-bond donors (Lipinski definition) is 2. The van der Waals surface area contributed by atoms with Gasteiger partial charge in [-0.05, 0) is 50.1 Å². The highest BCUT2D eigenvalue weighted by molar-refractivity contribution is 6.07. The molecule has 0 bridgehead atoms. The molecule has 7 nitrogen and oxygen atoms in total. The van der Waals surface area contributed by atoms with E-state index in [1.807, 2.05) is 13.0 Å². The minimum Gasteiger partial charge on any atom is -0.508 e. The van der Waals surface area contributed by atoms with Gasteiger partial charge in [-0.1, -0.05) is 6.08 Å². The number of aryl methyl sites for hydroxylation is 1. The topological polar surface area (TPSA) is 102 Å². The SMILES string of the molecule is C/C=C/C1=CC2=C(CO1)C(=O)[C@](C)(OC(=O)c1c(C)cc(O)cc1OC)[C@H](O)C2. The normalized spacial score (nSPS) is 24.1. The Kier molecular flexibility index (Phi) is 5.53. The highest BCUT2D eigenvalue weighted by atomic mass is 16.6. The Morgan fingerprint density at radius 1 is 1.38 bits per heavy atom. The Hall–Kier alpha value is -3.06. The number of methoxy groups -OCH3 is 1. The van der Waals surface area contributed by atoms with Gasteiger partial charge in [0.2, 0.25) is 5.78 Å². The molecule has 0 spiro atoms. The number of hydrogen-bond acceptors (Lipinski definition) is 7. The third-order valence-electron chi connectivity index (χ3n) is 5.21. The molecule has 2 aliphatic rings. The highest BCUT2D eigenvalue weighted by Crippen LogP contribution is 2.38. The van der Waals surface area contributed by atoms with Crippen molar-refractivity contribution in [3.05, 3.63) is 58.4 Å². The van der Waals surface area contributed by atoms with Crippen molar-refractivity contribution in [2.45, 2.75) is 38.9 Å². The van der Waals surface area contributed by atoms with Crippen molar-refractivity contribution < 1.29 is 34.0 Å². The fraction of sp³-hybridized carbons (Fsp3) is 0.364. The summed E-state index contributed by atoms with van der Waals surface area (Å²) in [6, 6.07) is 2.68. The van der Waals surface area contributed by atoms with Crippen LogP contribution in [0, 0.1) is 6.92 Å². The van der Waals surface area contributed by atoms with Crippen molar-refractivity contribution in [1.82, 2.24) is 0 Å². The Bertz CT molecular complexity index is 954. The molecule has 0 fully saturated rings. The van der Waals surface area contributed by atoms with E-state index in [9.17, 15) is 19.8 Å². The molecule has 0 amide bonds. The standard InChI is InChI=1S/C22H24O7/c1-5-6-15-8-13-9-18(24)22(3,20(25)16(13)11-28-15)29-21(26)19-12(2)7-14(23)10-17(19)27-4/h5-8,10,18,23-24H,9,11H2,1-4H3/b6-5+/t18-,22-/m1/s1. The van der Waals surface area contributed by atoms with Crippen LogP contribution in [0.2, 0.25) is 0 Å². The fourth-order valence-corrected chi connectivity index (χ4v) is 3.57. The van der Waals surface area contributed by atoms with E-state index < -0.39 is 23.5 Å². The van der Waals surface area contributed by atoms with Gasteiger partial charge in [0, 0.05) is 18.1 Å². The molecule has 154 valence electrons. The summed E-state index contributed by atoms with van der Waals surface area (Å²) >= 11 is 0. The molecule has 1 aromatic carbocycles. The lowest BCUT2D eigenvalue weighted by molar-refractivity contribution is -0.147. The number of phenolic OH excluding ortho intramolecular Hbond substituents is 1. The third kappa shape index (κ3) is 3.65. The van der Waals surface area contributed by atoms with Crippen LogP contribution in [0.4, 0.5) is 0 Å². The van der Waals surface area contributed by atoms with Crippen molar-refractivity contribution in [2.24, 2.45) is 0 Å². The van der Waals surface area contributed by atoms with E-state index in [-0.39, 0.29) is 30.1 Å². The maximum atomic E-state index is 13.1. The Labute approximate surface area is 168 Å². The minimum absolute atomic E-state index is 0.0474. The predicted octanol–water partition coefficient (Wildman–Crippen LogP) is 2.75. The van der Waals surface area contributed by atoms with E-state index in [1.54, 1.807) is 19.1 Å². The summed E-state index contributed by atoms with van der Waals surface area (Å²) in [7, 11) is 1.36. The number of aliphatic hydroxyl groups excluding tert-OH is 1. The number of allylic oxidation sites excluding steroid dienone is 3. The van der Waals surface area contributed by atoms with Gasteiger partial charge in [0.1, 0.15) is 35.5 Å². The van der Waals surface area contributed by atoms with E-state index in [0.29, 0.717) is 22.5 Å². The van der Waals surface area contributed by atoms with E-state index in [0.717, 1.165) is 0 Å². The van der Waals surface area contributed by atoms with Gasteiger partial charge >= 0.3 is 5.97 Å². The third-order valence-corrected chi connectivity index (χ3v) is 5.21. The fourth-order valence-electron chi connectivity index (χ4n) is 3.57. The number of benzene rings is 1. The molecular formula is C22H24O7. The number of carbonyl (C=O) groups excluding carboxylic acids is 2. The first kappa shape index (κ1) is 20.7. The van der Waals surface area contributed by atoms with Crippen LogP contribution in [0.1, 0.15) is 36.2 Å². The number of esters is 1. The Morgan fingerprint density at radius 2 is 2.10 bits per heavy atom. The molecule has 0 saturated heterocycles. The van der Waals surface area contributed by atoms with Crippen molar-refractivity contribution in [3.63, 3.8) is 0 Å². The minimum atomic E-state index is -1.76. The molecule has 0 unspecified atom stereocenters. The number of Topliss-reactive ketones (excluding diaryl/α,β-unsaturated/α-hetero) is 1. The zero-order chi connectivity index (χ0) is 21.3. The second kappa shape index (κ2) is 7.75. The molecule has 3 rings (SSSR count). The van der Waals surface area contributed by atoms with Crippen LogP contribution < -0.4 is 4.74 Å². The molecule has 0 aromatic heterocycles. The van der Waals surface area contributed by atoms with Crippen LogP contribution in [0.3, 0.4) is 0 Å². The van der Waals surface area contributed by atoms with Gasteiger partial charge in [-0.25, -0.2) is 4.79 Å². The Balaban J connectivity index is 1.94. The second-order valence-corrected chi connectivity index (χ2v) is 7.22. The summed E-state index contributed by atoms with van der Waals surface area (Å²) in [4.78, 5) is 26.0. The molecule has 0 radical (unpaired) electrons.